The maximum absolute atomic E-state index is 13.0. The van der Waals surface area contributed by atoms with Gasteiger partial charge >= 0.3 is 0 Å². The first kappa shape index (κ1) is 22.6. The predicted molar refractivity (Wildman–Crippen MR) is 124 cm³/mol. The molecule has 2 aromatic rings. The topological polar surface area (TPSA) is 67.4 Å². The molecule has 164 valence electrons. The molecule has 2 aromatic carbocycles. The number of allylic oxidation sites excluding steroid dienone is 1. The van der Waals surface area contributed by atoms with E-state index in [2.05, 4.69) is 51.3 Å². The molecule has 0 aromatic heterocycles. The predicted octanol–water partition coefficient (Wildman–Crippen LogP) is 4.62. The molecule has 1 aliphatic rings. The molecule has 5 nitrogen and oxygen atoms in total. The van der Waals surface area contributed by atoms with Gasteiger partial charge in [-0.05, 0) is 55.5 Å². The van der Waals surface area contributed by atoms with Crippen LogP contribution in [-0.4, -0.2) is 30.9 Å². The Morgan fingerprint density at radius 3 is 2.35 bits per heavy atom. The second-order valence-corrected chi connectivity index (χ2v) is 9.95. The van der Waals surface area contributed by atoms with Crippen LogP contribution in [0.1, 0.15) is 66.5 Å². The van der Waals surface area contributed by atoms with Crippen LogP contribution in [0.3, 0.4) is 0 Å². The van der Waals surface area contributed by atoms with Gasteiger partial charge in [-0.15, -0.1) is 0 Å². The first-order valence-electron chi connectivity index (χ1n) is 10.6. The number of fused-ring (bicyclic) bond motifs is 1. The van der Waals surface area contributed by atoms with E-state index in [4.69, 9.17) is 4.74 Å². The van der Waals surface area contributed by atoms with Gasteiger partial charge in [-0.3, -0.25) is 9.59 Å². The van der Waals surface area contributed by atoms with Crippen molar-refractivity contribution in [1.82, 2.24) is 10.6 Å². The monoisotopic (exact) mass is 420 g/mol. The van der Waals surface area contributed by atoms with Crippen molar-refractivity contribution in [3.8, 4) is 5.75 Å². The van der Waals surface area contributed by atoms with Gasteiger partial charge in [0.1, 0.15) is 5.75 Å². The summed E-state index contributed by atoms with van der Waals surface area (Å²) in [5, 5.41) is 6.41. The van der Waals surface area contributed by atoms with E-state index in [1.54, 1.807) is 37.5 Å². The molecule has 1 aliphatic heterocycles. The van der Waals surface area contributed by atoms with Crippen molar-refractivity contribution in [3.63, 3.8) is 0 Å². The number of carbonyl (C=O) groups is 2. The lowest BCUT2D eigenvalue weighted by atomic mass is 9.85. The van der Waals surface area contributed by atoms with Gasteiger partial charge in [0.2, 0.25) is 0 Å². The zero-order chi connectivity index (χ0) is 22.8. The molecule has 5 heteroatoms. The standard InChI is InChI=1S/C26H32N2O3/c1-25(2,3)16-27-24(30)18-9-7-17(8-10-18)23(29)14-22-21-13-20(31-6)12-11-19(21)15-26(4,5)28-22/h7-14,28H,15-16H2,1-6H3,(H,27,30). The molecule has 0 saturated carbocycles. The minimum Gasteiger partial charge on any atom is -0.497 e. The van der Waals surface area contributed by atoms with Crippen LogP contribution in [-0.2, 0) is 6.42 Å². The Bertz CT molecular complexity index is 1010. The van der Waals surface area contributed by atoms with Crippen LogP contribution in [0.2, 0.25) is 0 Å². The van der Waals surface area contributed by atoms with Crippen molar-refractivity contribution < 1.29 is 14.3 Å². The normalized spacial score (nSPS) is 16.3. The molecule has 0 aliphatic carbocycles. The number of amides is 1. The van der Waals surface area contributed by atoms with Crippen molar-refractivity contribution in [2.75, 3.05) is 13.7 Å². The van der Waals surface area contributed by atoms with E-state index in [9.17, 15) is 9.59 Å². The van der Waals surface area contributed by atoms with Crippen molar-refractivity contribution in [1.29, 1.82) is 0 Å². The second kappa shape index (κ2) is 8.58. The van der Waals surface area contributed by atoms with E-state index in [1.807, 2.05) is 12.1 Å². The van der Waals surface area contributed by atoms with Gasteiger partial charge in [0.25, 0.3) is 5.91 Å². The average molecular weight is 421 g/mol. The Morgan fingerprint density at radius 2 is 1.74 bits per heavy atom. The largest absolute Gasteiger partial charge is 0.497 e. The summed E-state index contributed by atoms with van der Waals surface area (Å²) in [7, 11) is 1.63. The van der Waals surface area contributed by atoms with Gasteiger partial charge in [-0.2, -0.15) is 0 Å². The Hall–Kier alpha value is -3.08. The summed E-state index contributed by atoms with van der Waals surface area (Å²) in [6.45, 7) is 11.0. The van der Waals surface area contributed by atoms with Crippen molar-refractivity contribution in [2.45, 2.75) is 46.6 Å². The van der Waals surface area contributed by atoms with Crippen molar-refractivity contribution >= 4 is 17.4 Å². The number of nitrogens with one attached hydrogen (secondary N) is 2. The molecule has 1 amide bonds. The Labute approximate surface area is 184 Å². The van der Waals surface area contributed by atoms with Gasteiger partial charge in [0, 0.05) is 40.5 Å². The SMILES string of the molecule is COc1ccc2c(c1)C(=CC(=O)c1ccc(C(=O)NCC(C)(C)C)cc1)NC(C)(C)C2. The van der Waals surface area contributed by atoms with Gasteiger partial charge in [0.15, 0.2) is 5.78 Å². The van der Waals surface area contributed by atoms with Crippen LogP contribution in [0.15, 0.2) is 48.5 Å². The fourth-order valence-electron chi connectivity index (χ4n) is 3.60. The lowest BCUT2D eigenvalue weighted by molar-refractivity contribution is 0.0938. The molecule has 0 fully saturated rings. The molecule has 0 radical (unpaired) electrons. The molecule has 31 heavy (non-hydrogen) atoms. The number of hydrogen-bond donors (Lipinski definition) is 2. The molecule has 1 heterocycles. The van der Waals surface area contributed by atoms with Crippen LogP contribution < -0.4 is 15.4 Å². The number of ether oxygens (including phenoxy) is 1. The lowest BCUT2D eigenvalue weighted by Crippen LogP contribution is -2.43. The third-order valence-electron chi connectivity index (χ3n) is 5.20. The minimum atomic E-state index is -0.164. The first-order valence-corrected chi connectivity index (χ1v) is 10.6. The van der Waals surface area contributed by atoms with E-state index in [-0.39, 0.29) is 22.6 Å². The van der Waals surface area contributed by atoms with E-state index >= 15 is 0 Å². The van der Waals surface area contributed by atoms with E-state index in [0.29, 0.717) is 17.7 Å². The van der Waals surface area contributed by atoms with Gasteiger partial charge in [-0.1, -0.05) is 39.0 Å². The van der Waals surface area contributed by atoms with Crippen LogP contribution in [0.25, 0.3) is 5.70 Å². The summed E-state index contributed by atoms with van der Waals surface area (Å²) in [5.74, 6) is 0.504. The fourth-order valence-corrected chi connectivity index (χ4v) is 3.60. The zero-order valence-corrected chi connectivity index (χ0v) is 19.3. The first-order chi connectivity index (χ1) is 14.5. The summed E-state index contributed by atoms with van der Waals surface area (Å²) in [6.07, 6.45) is 2.49. The number of carbonyl (C=O) groups excluding carboxylic acids is 2. The Morgan fingerprint density at radius 1 is 1.10 bits per heavy atom. The quantitative estimate of drug-likeness (QED) is 0.547. The molecular weight excluding hydrogens is 388 g/mol. The van der Waals surface area contributed by atoms with Crippen molar-refractivity contribution in [3.05, 3.63) is 70.8 Å². The summed E-state index contributed by atoms with van der Waals surface area (Å²) in [4.78, 5) is 25.3. The Kier molecular flexibility index (Phi) is 6.25. The van der Waals surface area contributed by atoms with Crippen molar-refractivity contribution in [2.24, 2.45) is 5.41 Å². The van der Waals surface area contributed by atoms with Gasteiger partial charge < -0.3 is 15.4 Å². The highest BCUT2D eigenvalue weighted by Crippen LogP contribution is 2.32. The second-order valence-electron chi connectivity index (χ2n) is 9.95. The molecule has 0 bridgehead atoms. The highest BCUT2D eigenvalue weighted by molar-refractivity contribution is 6.09. The number of ketones is 1. The number of methoxy groups -OCH3 is 1. The minimum absolute atomic E-state index is 0.0114. The van der Waals surface area contributed by atoms with Crippen LogP contribution >= 0.6 is 0 Å². The van der Waals surface area contributed by atoms with Crippen LogP contribution in [0.4, 0.5) is 0 Å². The van der Waals surface area contributed by atoms with E-state index in [0.717, 1.165) is 23.4 Å². The maximum Gasteiger partial charge on any atom is 0.251 e. The highest BCUT2D eigenvalue weighted by atomic mass is 16.5. The maximum atomic E-state index is 13.0. The summed E-state index contributed by atoms with van der Waals surface area (Å²) in [6, 6.07) is 12.7. The summed E-state index contributed by atoms with van der Waals surface area (Å²) < 4.78 is 5.37. The molecule has 2 N–H and O–H groups in total. The third kappa shape index (κ3) is 5.75. The molecular formula is C26H32N2O3. The molecule has 0 saturated heterocycles. The van der Waals surface area contributed by atoms with Crippen LogP contribution in [0.5, 0.6) is 5.75 Å². The smallest absolute Gasteiger partial charge is 0.251 e. The molecule has 0 unspecified atom stereocenters. The van der Waals surface area contributed by atoms with Gasteiger partial charge in [0.05, 0.1) is 7.11 Å². The Balaban J connectivity index is 1.83. The summed E-state index contributed by atoms with van der Waals surface area (Å²) >= 11 is 0. The van der Waals surface area contributed by atoms with E-state index in [1.165, 1.54) is 5.56 Å². The molecule has 0 atom stereocenters. The van der Waals surface area contributed by atoms with Crippen LogP contribution in [0, 0.1) is 5.41 Å². The number of hydrogen-bond acceptors (Lipinski definition) is 4. The fraction of sp³-hybridized carbons (Fsp3) is 0.385. The average Bonchev–Trinajstić information content (AvgIpc) is 2.70. The zero-order valence-electron chi connectivity index (χ0n) is 19.3. The summed E-state index contributed by atoms with van der Waals surface area (Å²) in [5.41, 5.74) is 3.86. The van der Waals surface area contributed by atoms with Gasteiger partial charge in [-0.25, -0.2) is 0 Å². The highest BCUT2D eigenvalue weighted by Gasteiger charge is 2.28. The number of benzene rings is 2. The third-order valence-corrected chi connectivity index (χ3v) is 5.20. The van der Waals surface area contributed by atoms with E-state index < -0.39 is 0 Å². The molecule has 0 spiro atoms. The lowest BCUT2D eigenvalue weighted by Gasteiger charge is -2.35. The number of rotatable bonds is 5. The molecule has 3 rings (SSSR count).